The van der Waals surface area contributed by atoms with Crippen molar-refractivity contribution in [3.8, 4) is 5.75 Å². The fourth-order valence-corrected chi connectivity index (χ4v) is 4.44. The summed E-state index contributed by atoms with van der Waals surface area (Å²) in [6.07, 6.45) is 3.92. The summed E-state index contributed by atoms with van der Waals surface area (Å²) in [6, 6.07) is 9.53. The Bertz CT molecular complexity index is 1020. The molecule has 2 unspecified atom stereocenters. The number of hydrogen-bond acceptors (Lipinski definition) is 6. The van der Waals surface area contributed by atoms with Gasteiger partial charge in [0.05, 0.1) is 19.0 Å². The molecule has 166 valence electrons. The molecule has 2 saturated heterocycles. The third-order valence-corrected chi connectivity index (χ3v) is 5.91. The lowest BCUT2D eigenvalue weighted by molar-refractivity contribution is -0.136. The molecule has 4 rings (SSSR count). The molecule has 32 heavy (non-hydrogen) atoms. The van der Waals surface area contributed by atoms with Crippen LogP contribution in [0, 0.1) is 0 Å². The van der Waals surface area contributed by atoms with Gasteiger partial charge in [-0.05, 0) is 42.2 Å². The molecular weight excluding hydrogens is 412 g/mol. The van der Waals surface area contributed by atoms with Crippen molar-refractivity contribution >= 4 is 23.7 Å². The molecule has 9 heteroatoms. The second-order valence-electron chi connectivity index (χ2n) is 7.98. The van der Waals surface area contributed by atoms with Gasteiger partial charge in [-0.3, -0.25) is 19.4 Å². The normalized spacial score (nSPS) is 19.7. The molecule has 0 radical (unpaired) electrons. The van der Waals surface area contributed by atoms with E-state index < -0.39 is 12.1 Å². The molecule has 0 spiro atoms. The summed E-state index contributed by atoms with van der Waals surface area (Å²) in [5.41, 5.74) is 6.68. The zero-order chi connectivity index (χ0) is 22.7. The first kappa shape index (κ1) is 21.5. The number of primary amides is 1. The number of aryl methyl sites for hydroxylation is 1. The smallest absolute Gasteiger partial charge is 0.409 e. The summed E-state index contributed by atoms with van der Waals surface area (Å²) >= 11 is 0. The first-order valence-corrected chi connectivity index (χ1v) is 10.5. The predicted octanol–water partition coefficient (Wildman–Crippen LogP) is 1.10. The number of rotatable bonds is 6. The van der Waals surface area contributed by atoms with E-state index in [2.05, 4.69) is 4.98 Å². The fraction of sp³-hybridized carbons (Fsp3) is 0.348. The van der Waals surface area contributed by atoms with Crippen LogP contribution in [0.5, 0.6) is 5.75 Å². The van der Waals surface area contributed by atoms with Crippen LogP contribution in [-0.4, -0.2) is 63.6 Å². The minimum absolute atomic E-state index is 0.0412. The number of nitrogens with zero attached hydrogens (tertiary/aromatic N) is 3. The Morgan fingerprint density at radius 1 is 1.06 bits per heavy atom. The Kier molecular flexibility index (Phi) is 6.16. The SMILES string of the molecule is NC(=O)Oc1ccc(CCC(=O)N2CCC3C2C(=O)CN3C(=O)Cc2cccnc2)cc1. The standard InChI is InChI=1S/C23H24N4O5/c24-23(31)32-17-6-3-15(4-7-17)5-8-20(29)26-11-9-18-22(26)19(28)14-27(18)21(30)12-16-2-1-10-25-13-16/h1-4,6-7,10,13,18,22H,5,8-9,11-12,14H2,(H2,24,31). The van der Waals surface area contributed by atoms with E-state index in [4.69, 9.17) is 10.5 Å². The van der Waals surface area contributed by atoms with E-state index in [-0.39, 0.29) is 43.0 Å². The Morgan fingerprint density at radius 2 is 1.84 bits per heavy atom. The van der Waals surface area contributed by atoms with Crippen LogP contribution in [0.4, 0.5) is 4.79 Å². The molecule has 0 saturated carbocycles. The highest BCUT2D eigenvalue weighted by Crippen LogP contribution is 2.31. The second-order valence-corrected chi connectivity index (χ2v) is 7.98. The maximum Gasteiger partial charge on any atom is 0.409 e. The number of nitrogens with two attached hydrogens (primary N) is 1. The lowest BCUT2D eigenvalue weighted by Crippen LogP contribution is -2.43. The number of carbonyl (C=O) groups is 4. The topological polar surface area (TPSA) is 123 Å². The van der Waals surface area contributed by atoms with Crippen molar-refractivity contribution in [3.05, 3.63) is 59.9 Å². The van der Waals surface area contributed by atoms with Crippen molar-refractivity contribution in [3.63, 3.8) is 0 Å². The number of hydrogen-bond donors (Lipinski definition) is 1. The largest absolute Gasteiger partial charge is 0.411 e. The molecule has 3 heterocycles. The van der Waals surface area contributed by atoms with Crippen molar-refractivity contribution in [2.24, 2.45) is 5.73 Å². The summed E-state index contributed by atoms with van der Waals surface area (Å²) in [4.78, 5) is 56.4. The number of aromatic nitrogens is 1. The van der Waals surface area contributed by atoms with Gasteiger partial charge in [-0.1, -0.05) is 18.2 Å². The fourth-order valence-electron chi connectivity index (χ4n) is 4.44. The summed E-state index contributed by atoms with van der Waals surface area (Å²) in [5.74, 6) is 0.0205. The zero-order valence-electron chi connectivity index (χ0n) is 17.5. The van der Waals surface area contributed by atoms with Gasteiger partial charge in [0.25, 0.3) is 0 Å². The average Bonchev–Trinajstić information content (AvgIpc) is 3.35. The van der Waals surface area contributed by atoms with Crippen LogP contribution in [0.25, 0.3) is 0 Å². The molecule has 2 atom stereocenters. The van der Waals surface area contributed by atoms with Crippen molar-refractivity contribution in [1.29, 1.82) is 0 Å². The molecule has 2 fully saturated rings. The van der Waals surface area contributed by atoms with Crippen molar-refractivity contribution in [2.75, 3.05) is 13.1 Å². The number of pyridine rings is 1. The van der Waals surface area contributed by atoms with E-state index >= 15 is 0 Å². The maximum absolute atomic E-state index is 12.9. The summed E-state index contributed by atoms with van der Waals surface area (Å²) in [7, 11) is 0. The summed E-state index contributed by atoms with van der Waals surface area (Å²) in [5, 5.41) is 0. The Labute approximate surface area is 185 Å². The molecule has 3 amide bonds. The van der Waals surface area contributed by atoms with Crippen LogP contribution in [-0.2, 0) is 27.2 Å². The van der Waals surface area contributed by atoms with Gasteiger partial charge >= 0.3 is 6.09 Å². The summed E-state index contributed by atoms with van der Waals surface area (Å²) < 4.78 is 4.79. The van der Waals surface area contributed by atoms with Gasteiger partial charge in [0.1, 0.15) is 11.8 Å². The highest BCUT2D eigenvalue weighted by molar-refractivity contribution is 5.97. The lowest BCUT2D eigenvalue weighted by atomic mass is 10.1. The maximum atomic E-state index is 12.9. The Balaban J connectivity index is 1.34. The molecule has 1 aromatic heterocycles. The van der Waals surface area contributed by atoms with Crippen LogP contribution in [0.1, 0.15) is 24.0 Å². The first-order valence-electron chi connectivity index (χ1n) is 10.5. The number of ketones is 1. The van der Waals surface area contributed by atoms with Crippen molar-refractivity contribution in [2.45, 2.75) is 37.8 Å². The molecule has 2 N–H and O–H groups in total. The van der Waals surface area contributed by atoms with Gasteiger partial charge in [-0.25, -0.2) is 4.79 Å². The highest BCUT2D eigenvalue weighted by atomic mass is 16.5. The minimum atomic E-state index is -0.884. The molecule has 2 aromatic rings. The van der Waals surface area contributed by atoms with Crippen molar-refractivity contribution in [1.82, 2.24) is 14.8 Å². The van der Waals surface area contributed by atoms with E-state index in [0.717, 1.165) is 11.1 Å². The van der Waals surface area contributed by atoms with Crippen LogP contribution >= 0.6 is 0 Å². The number of likely N-dealkylation sites (tertiary alicyclic amines) is 2. The third-order valence-electron chi connectivity index (χ3n) is 5.91. The third kappa shape index (κ3) is 4.61. The monoisotopic (exact) mass is 436 g/mol. The van der Waals surface area contributed by atoms with Crippen molar-refractivity contribution < 1.29 is 23.9 Å². The lowest BCUT2D eigenvalue weighted by Gasteiger charge is -2.24. The molecule has 1 aromatic carbocycles. The van der Waals surface area contributed by atoms with Crippen LogP contribution in [0.15, 0.2) is 48.8 Å². The van der Waals surface area contributed by atoms with Gasteiger partial charge in [0.2, 0.25) is 11.8 Å². The number of amides is 3. The van der Waals surface area contributed by atoms with E-state index in [1.54, 1.807) is 52.5 Å². The summed E-state index contributed by atoms with van der Waals surface area (Å²) in [6.45, 7) is 0.501. The van der Waals surface area contributed by atoms with E-state index in [1.807, 2.05) is 6.07 Å². The number of Topliss-reactive ketones (excluding diaryl/α,β-unsaturated/α-hetero) is 1. The molecule has 0 aliphatic carbocycles. The van der Waals surface area contributed by atoms with E-state index in [9.17, 15) is 19.2 Å². The molecule has 0 bridgehead atoms. The van der Waals surface area contributed by atoms with E-state index in [0.29, 0.717) is 25.1 Å². The van der Waals surface area contributed by atoms with Crippen LogP contribution in [0.2, 0.25) is 0 Å². The van der Waals surface area contributed by atoms with Crippen LogP contribution < -0.4 is 10.5 Å². The number of fused-ring (bicyclic) bond motifs is 1. The van der Waals surface area contributed by atoms with Gasteiger partial charge in [0.15, 0.2) is 5.78 Å². The molecule has 2 aliphatic heterocycles. The second kappa shape index (κ2) is 9.17. The Morgan fingerprint density at radius 3 is 2.53 bits per heavy atom. The van der Waals surface area contributed by atoms with E-state index in [1.165, 1.54) is 0 Å². The number of ether oxygens (including phenoxy) is 1. The molecule has 2 aliphatic rings. The average molecular weight is 436 g/mol. The number of carbonyl (C=O) groups excluding carboxylic acids is 4. The van der Waals surface area contributed by atoms with Crippen LogP contribution in [0.3, 0.4) is 0 Å². The highest BCUT2D eigenvalue weighted by Gasteiger charge is 2.50. The van der Waals surface area contributed by atoms with Gasteiger partial charge in [-0.2, -0.15) is 0 Å². The quantitative estimate of drug-likeness (QED) is 0.723. The van der Waals surface area contributed by atoms with Gasteiger partial charge in [-0.15, -0.1) is 0 Å². The molecular formula is C23H24N4O5. The molecule has 9 nitrogen and oxygen atoms in total. The number of benzene rings is 1. The van der Waals surface area contributed by atoms with Gasteiger partial charge < -0.3 is 20.3 Å². The first-order chi connectivity index (χ1) is 15.4. The predicted molar refractivity (Wildman–Crippen MR) is 114 cm³/mol. The Hall–Kier alpha value is -3.75. The minimum Gasteiger partial charge on any atom is -0.411 e. The zero-order valence-corrected chi connectivity index (χ0v) is 17.5. The van der Waals surface area contributed by atoms with Gasteiger partial charge in [0, 0.05) is 25.4 Å².